The lowest BCUT2D eigenvalue weighted by Gasteiger charge is -2.19. The van der Waals surface area contributed by atoms with Gasteiger partial charge in [0.2, 0.25) is 0 Å². The zero-order valence-corrected chi connectivity index (χ0v) is 16.6. The molecule has 0 aliphatic heterocycles. The predicted molar refractivity (Wildman–Crippen MR) is 111 cm³/mol. The van der Waals surface area contributed by atoms with Crippen molar-refractivity contribution in [2.24, 2.45) is 0 Å². The predicted octanol–water partition coefficient (Wildman–Crippen LogP) is 3.89. The highest BCUT2D eigenvalue weighted by atomic mass is 19.4. The van der Waals surface area contributed by atoms with Crippen LogP contribution < -0.4 is 10.9 Å². The number of alkyl halides is 3. The second-order valence-corrected chi connectivity index (χ2v) is 6.99. The first-order chi connectivity index (χ1) is 15.2. The molecule has 2 aromatic carbocycles. The highest BCUT2D eigenvalue weighted by Crippen LogP contribution is 2.37. The van der Waals surface area contributed by atoms with Gasteiger partial charge in [-0.05, 0) is 35.4 Å². The van der Waals surface area contributed by atoms with Gasteiger partial charge in [-0.3, -0.25) is 9.59 Å². The number of nitrogens with zero attached hydrogens (tertiary/aromatic N) is 3. The van der Waals surface area contributed by atoms with Crippen LogP contribution in [0.1, 0.15) is 34.6 Å². The Balaban J connectivity index is 1.66. The summed E-state index contributed by atoms with van der Waals surface area (Å²) in [6, 6.07) is 10.4. The van der Waals surface area contributed by atoms with Crippen molar-refractivity contribution in [2.75, 3.05) is 0 Å². The molecule has 4 aromatic rings. The summed E-state index contributed by atoms with van der Waals surface area (Å²) in [4.78, 5) is 39.4. The zero-order chi connectivity index (χ0) is 22.9. The fourth-order valence-electron chi connectivity index (χ4n) is 3.40. The molecule has 32 heavy (non-hydrogen) atoms. The monoisotopic (exact) mass is 439 g/mol. The van der Waals surface area contributed by atoms with E-state index in [1.54, 1.807) is 25.1 Å². The topological polar surface area (TPSA) is 101 Å². The Morgan fingerprint density at radius 3 is 2.41 bits per heavy atom. The Hall–Kier alpha value is -4.08. The summed E-state index contributed by atoms with van der Waals surface area (Å²) in [7, 11) is 0. The first-order valence-electron chi connectivity index (χ1n) is 9.52. The first kappa shape index (κ1) is 21.2. The number of nitrogens with one attached hydrogen (secondary N) is 2. The number of fused-ring (bicyclic) bond motifs is 1. The lowest BCUT2D eigenvalue weighted by atomic mass is 9.95. The van der Waals surface area contributed by atoms with Crippen LogP contribution in [0.15, 0.2) is 65.7 Å². The van der Waals surface area contributed by atoms with E-state index >= 15 is 0 Å². The van der Waals surface area contributed by atoms with E-state index in [0.717, 1.165) is 12.1 Å². The van der Waals surface area contributed by atoms with Gasteiger partial charge >= 0.3 is 6.18 Å². The molecule has 0 aliphatic rings. The summed E-state index contributed by atoms with van der Waals surface area (Å²) < 4.78 is 40.1. The number of hydrogen-bond acceptors (Lipinski definition) is 5. The van der Waals surface area contributed by atoms with Crippen molar-refractivity contribution in [3.63, 3.8) is 0 Å². The van der Waals surface area contributed by atoms with Crippen LogP contribution in [-0.2, 0) is 6.18 Å². The van der Waals surface area contributed by atoms with E-state index in [0.29, 0.717) is 10.9 Å². The lowest BCUT2D eigenvalue weighted by molar-refractivity contribution is -0.136. The van der Waals surface area contributed by atoms with Crippen LogP contribution in [0.5, 0.6) is 0 Å². The van der Waals surface area contributed by atoms with E-state index < -0.39 is 29.2 Å². The van der Waals surface area contributed by atoms with Gasteiger partial charge in [-0.25, -0.2) is 15.0 Å². The normalized spacial score (nSPS) is 12.5. The Labute approximate surface area is 179 Å². The Bertz CT molecular complexity index is 1350. The average molecular weight is 439 g/mol. The van der Waals surface area contributed by atoms with Crippen molar-refractivity contribution in [3.05, 3.63) is 88.1 Å². The lowest BCUT2D eigenvalue weighted by Crippen LogP contribution is -2.29. The van der Waals surface area contributed by atoms with Crippen molar-refractivity contribution >= 4 is 16.7 Å². The van der Waals surface area contributed by atoms with Gasteiger partial charge in [-0.15, -0.1) is 0 Å². The minimum absolute atomic E-state index is 0.0240. The highest BCUT2D eigenvalue weighted by Gasteiger charge is 2.33. The van der Waals surface area contributed by atoms with Gasteiger partial charge in [0.05, 0.1) is 11.6 Å². The Morgan fingerprint density at radius 2 is 1.72 bits per heavy atom. The Morgan fingerprint density at radius 1 is 1.03 bits per heavy atom. The van der Waals surface area contributed by atoms with Crippen LogP contribution in [-0.4, -0.2) is 25.8 Å². The smallest absolute Gasteiger partial charge is 0.344 e. The number of rotatable bonds is 4. The number of benzene rings is 2. The van der Waals surface area contributed by atoms with Gasteiger partial charge in [0.15, 0.2) is 11.6 Å². The number of aromatic nitrogens is 4. The molecule has 2 heterocycles. The minimum atomic E-state index is -4.50. The van der Waals surface area contributed by atoms with Crippen molar-refractivity contribution in [1.82, 2.24) is 25.3 Å². The van der Waals surface area contributed by atoms with Gasteiger partial charge in [0.1, 0.15) is 5.69 Å². The van der Waals surface area contributed by atoms with Crippen molar-refractivity contribution in [3.8, 4) is 11.6 Å². The van der Waals surface area contributed by atoms with E-state index in [9.17, 15) is 22.8 Å². The van der Waals surface area contributed by atoms with Gasteiger partial charge in [0.25, 0.3) is 11.5 Å². The molecular formula is C22H16F3N5O2. The number of H-pyrrole nitrogens is 1. The van der Waals surface area contributed by atoms with Crippen LogP contribution in [0.4, 0.5) is 13.2 Å². The van der Waals surface area contributed by atoms with Crippen LogP contribution in [0.2, 0.25) is 0 Å². The average Bonchev–Trinajstić information content (AvgIpc) is 2.77. The van der Waals surface area contributed by atoms with E-state index in [2.05, 4.69) is 25.3 Å². The summed E-state index contributed by atoms with van der Waals surface area (Å²) in [6.45, 7) is 1.64. The van der Waals surface area contributed by atoms with Crippen LogP contribution >= 0.6 is 0 Å². The molecule has 0 fully saturated rings. The molecule has 0 saturated carbocycles. The summed E-state index contributed by atoms with van der Waals surface area (Å²) in [5.74, 6) is -0.498. The summed E-state index contributed by atoms with van der Waals surface area (Å²) in [5.41, 5.74) is -0.989. The quantitative estimate of drug-likeness (QED) is 0.503. The Kier molecular flexibility index (Phi) is 5.43. The molecule has 2 N–H and O–H groups in total. The van der Waals surface area contributed by atoms with Crippen molar-refractivity contribution in [2.45, 2.75) is 19.1 Å². The number of hydrogen-bond donors (Lipinski definition) is 2. The van der Waals surface area contributed by atoms with Crippen molar-refractivity contribution in [1.29, 1.82) is 0 Å². The molecule has 1 atom stereocenters. The van der Waals surface area contributed by atoms with E-state index in [1.165, 1.54) is 30.6 Å². The van der Waals surface area contributed by atoms with E-state index in [1.807, 2.05) is 0 Å². The SMILES string of the molecule is CC(NC(=O)c1cc(=O)[nH]c(-c2ncccn2)n1)c1ccc(C(F)(F)F)c2ccccc12. The maximum absolute atomic E-state index is 13.4. The maximum atomic E-state index is 13.4. The number of carbonyl (C=O) groups is 1. The molecule has 2 aromatic heterocycles. The molecule has 0 saturated heterocycles. The van der Waals surface area contributed by atoms with Gasteiger partial charge in [-0.2, -0.15) is 13.2 Å². The number of aromatic amines is 1. The van der Waals surface area contributed by atoms with E-state index in [-0.39, 0.29) is 22.7 Å². The third kappa shape index (κ3) is 4.20. The minimum Gasteiger partial charge on any atom is -0.344 e. The fourth-order valence-corrected chi connectivity index (χ4v) is 3.40. The summed E-state index contributed by atoms with van der Waals surface area (Å²) >= 11 is 0. The number of halogens is 3. The summed E-state index contributed by atoms with van der Waals surface area (Å²) in [5, 5.41) is 3.10. The van der Waals surface area contributed by atoms with Gasteiger partial charge in [-0.1, -0.05) is 30.3 Å². The number of carbonyl (C=O) groups excluding carboxylic acids is 1. The second-order valence-electron chi connectivity index (χ2n) is 6.99. The maximum Gasteiger partial charge on any atom is 0.417 e. The molecule has 7 nitrogen and oxygen atoms in total. The fraction of sp³-hybridized carbons (Fsp3) is 0.136. The molecule has 0 spiro atoms. The highest BCUT2D eigenvalue weighted by molar-refractivity contribution is 5.94. The zero-order valence-electron chi connectivity index (χ0n) is 16.6. The van der Waals surface area contributed by atoms with Crippen molar-refractivity contribution < 1.29 is 18.0 Å². The summed E-state index contributed by atoms with van der Waals surface area (Å²) in [6.07, 6.45) is -1.57. The molecule has 162 valence electrons. The molecule has 1 amide bonds. The van der Waals surface area contributed by atoms with E-state index in [4.69, 9.17) is 0 Å². The van der Waals surface area contributed by atoms with Gasteiger partial charge < -0.3 is 10.3 Å². The largest absolute Gasteiger partial charge is 0.417 e. The van der Waals surface area contributed by atoms with Crippen LogP contribution in [0.25, 0.3) is 22.4 Å². The molecule has 0 radical (unpaired) electrons. The third-order valence-corrected chi connectivity index (χ3v) is 4.83. The second kappa shape index (κ2) is 8.22. The standard InChI is InChI=1S/C22H16F3N5O2/c1-12(13-7-8-16(22(23,24)25)15-6-3-2-5-14(13)15)28-21(32)17-11-18(31)30-20(29-17)19-26-9-4-10-27-19/h2-12H,1H3,(H,28,32)(H,29,30,31). The molecular weight excluding hydrogens is 423 g/mol. The third-order valence-electron chi connectivity index (χ3n) is 4.83. The molecule has 10 heteroatoms. The molecule has 0 aliphatic carbocycles. The molecule has 4 rings (SSSR count). The first-order valence-corrected chi connectivity index (χ1v) is 9.52. The number of amides is 1. The molecule has 1 unspecified atom stereocenters. The van der Waals surface area contributed by atoms with Crippen LogP contribution in [0.3, 0.4) is 0 Å². The van der Waals surface area contributed by atoms with Crippen LogP contribution in [0, 0.1) is 0 Å². The van der Waals surface area contributed by atoms with Gasteiger partial charge in [0, 0.05) is 18.5 Å². The molecule has 0 bridgehead atoms.